The Morgan fingerprint density at radius 1 is 1.21 bits per heavy atom. The molecule has 0 saturated carbocycles. The highest BCUT2D eigenvalue weighted by atomic mass is 35.5. The first-order chi connectivity index (χ1) is 13.0. The summed E-state index contributed by atoms with van der Waals surface area (Å²) in [4.78, 5) is 12.2. The summed E-state index contributed by atoms with van der Waals surface area (Å²) in [6.45, 7) is 4.07. The van der Waals surface area contributed by atoms with Gasteiger partial charge in [-0.05, 0) is 38.4 Å². The molecule has 158 valence electrons. The number of carbonyl (C=O) groups excluding carboxylic acids is 1. The number of benzene rings is 1. The molecule has 0 radical (unpaired) electrons. The highest BCUT2D eigenvalue weighted by Gasteiger charge is 2.23. The summed E-state index contributed by atoms with van der Waals surface area (Å²) in [6, 6.07) is 4.84. The smallest absolute Gasteiger partial charge is 0.240 e. The largest absolute Gasteiger partial charge is 0.490 e. The zero-order valence-electron chi connectivity index (χ0n) is 15.9. The van der Waals surface area contributed by atoms with Crippen molar-refractivity contribution in [2.45, 2.75) is 49.6 Å². The van der Waals surface area contributed by atoms with Crippen LogP contribution < -0.4 is 24.8 Å². The monoisotopic (exact) mass is 433 g/mol. The number of halogens is 1. The number of carbonyl (C=O) groups is 1. The molecule has 0 spiro atoms. The Hall–Kier alpha value is -1.55. The van der Waals surface area contributed by atoms with E-state index in [1.165, 1.54) is 12.1 Å². The molecule has 1 saturated heterocycles. The molecule has 1 fully saturated rings. The van der Waals surface area contributed by atoms with Gasteiger partial charge in [-0.15, -0.1) is 12.4 Å². The zero-order valence-corrected chi connectivity index (χ0v) is 17.5. The predicted octanol–water partition coefficient (Wildman–Crippen LogP) is 1.19. The molecule has 1 aromatic carbocycles. The first-order valence-electron chi connectivity index (χ1n) is 9.38. The second-order valence-electron chi connectivity index (χ2n) is 6.87. The maximum Gasteiger partial charge on any atom is 0.240 e. The van der Waals surface area contributed by atoms with Gasteiger partial charge in [-0.2, -0.15) is 0 Å². The van der Waals surface area contributed by atoms with Crippen molar-refractivity contribution in [2.24, 2.45) is 0 Å². The van der Waals surface area contributed by atoms with Crippen molar-refractivity contribution in [2.75, 3.05) is 26.3 Å². The number of rotatable bonds is 6. The molecule has 2 aliphatic heterocycles. The standard InChI is InChI=1S/C18H27N3O5S.ClH/c1-13-15(4-2-8-19-13)21-18(22)7-9-20-27(23,24)14-5-6-16-17(12-14)26-11-3-10-25-16;/h5-6,12-13,15,19-20H,2-4,7-11H2,1H3,(H,21,22);1H. The third-order valence-electron chi connectivity index (χ3n) is 4.78. The van der Waals surface area contributed by atoms with Crippen LogP contribution in [0.25, 0.3) is 0 Å². The Kier molecular flexibility index (Phi) is 8.36. The van der Waals surface area contributed by atoms with Crippen LogP contribution >= 0.6 is 12.4 Å². The van der Waals surface area contributed by atoms with E-state index in [0.29, 0.717) is 24.7 Å². The predicted molar refractivity (Wildman–Crippen MR) is 108 cm³/mol. The van der Waals surface area contributed by atoms with Crippen LogP contribution in [0, 0.1) is 0 Å². The zero-order chi connectivity index (χ0) is 19.3. The van der Waals surface area contributed by atoms with E-state index < -0.39 is 10.0 Å². The quantitative estimate of drug-likeness (QED) is 0.622. The number of fused-ring (bicyclic) bond motifs is 1. The Morgan fingerprint density at radius 3 is 2.71 bits per heavy atom. The minimum Gasteiger partial charge on any atom is -0.490 e. The summed E-state index contributed by atoms with van der Waals surface area (Å²) in [7, 11) is -3.72. The minimum absolute atomic E-state index is 0. The van der Waals surface area contributed by atoms with Crippen molar-refractivity contribution in [3.63, 3.8) is 0 Å². The minimum atomic E-state index is -3.72. The van der Waals surface area contributed by atoms with Crippen molar-refractivity contribution in [1.82, 2.24) is 15.4 Å². The van der Waals surface area contributed by atoms with Gasteiger partial charge >= 0.3 is 0 Å². The summed E-state index contributed by atoms with van der Waals surface area (Å²) >= 11 is 0. The van der Waals surface area contributed by atoms with E-state index in [1.54, 1.807) is 6.07 Å². The fraction of sp³-hybridized carbons (Fsp3) is 0.611. The van der Waals surface area contributed by atoms with Crippen molar-refractivity contribution in [3.8, 4) is 11.5 Å². The van der Waals surface area contributed by atoms with Crippen LogP contribution in [-0.2, 0) is 14.8 Å². The second-order valence-corrected chi connectivity index (χ2v) is 8.63. The number of sulfonamides is 1. The van der Waals surface area contributed by atoms with Gasteiger partial charge in [0, 0.05) is 37.5 Å². The summed E-state index contributed by atoms with van der Waals surface area (Å²) in [5, 5.41) is 6.29. The molecule has 2 heterocycles. The Morgan fingerprint density at radius 2 is 1.96 bits per heavy atom. The molecule has 2 unspecified atom stereocenters. The van der Waals surface area contributed by atoms with Gasteiger partial charge in [0.05, 0.1) is 18.1 Å². The third kappa shape index (κ3) is 5.97. The fourth-order valence-corrected chi connectivity index (χ4v) is 4.26. The molecule has 3 N–H and O–H groups in total. The molecule has 2 atom stereocenters. The molecule has 2 aliphatic rings. The number of amides is 1. The van der Waals surface area contributed by atoms with Crippen molar-refractivity contribution in [1.29, 1.82) is 0 Å². The van der Waals surface area contributed by atoms with E-state index in [0.717, 1.165) is 25.8 Å². The Bertz CT molecular complexity index is 774. The normalized spacial score (nSPS) is 21.9. The second kappa shape index (κ2) is 10.3. The van der Waals surface area contributed by atoms with Crippen LogP contribution in [0.3, 0.4) is 0 Å². The van der Waals surface area contributed by atoms with E-state index in [4.69, 9.17) is 9.47 Å². The van der Waals surface area contributed by atoms with Gasteiger partial charge in [0.15, 0.2) is 11.5 Å². The number of nitrogens with one attached hydrogen (secondary N) is 3. The molecule has 28 heavy (non-hydrogen) atoms. The van der Waals surface area contributed by atoms with Crippen LogP contribution in [0.1, 0.15) is 32.6 Å². The first kappa shape index (κ1) is 22.7. The van der Waals surface area contributed by atoms with Crippen molar-refractivity contribution >= 4 is 28.3 Å². The fourth-order valence-electron chi connectivity index (χ4n) is 3.21. The van der Waals surface area contributed by atoms with E-state index in [9.17, 15) is 13.2 Å². The van der Waals surface area contributed by atoms with Gasteiger partial charge in [-0.3, -0.25) is 4.79 Å². The lowest BCUT2D eigenvalue weighted by molar-refractivity contribution is -0.122. The van der Waals surface area contributed by atoms with E-state index in [2.05, 4.69) is 15.4 Å². The van der Waals surface area contributed by atoms with Crippen LogP contribution in [0.4, 0.5) is 0 Å². The van der Waals surface area contributed by atoms with E-state index in [-0.39, 0.29) is 48.3 Å². The van der Waals surface area contributed by atoms with Gasteiger partial charge < -0.3 is 20.1 Å². The summed E-state index contributed by atoms with van der Waals surface area (Å²) in [5.74, 6) is 0.810. The lowest BCUT2D eigenvalue weighted by atomic mass is 10.00. The van der Waals surface area contributed by atoms with Crippen molar-refractivity contribution < 1.29 is 22.7 Å². The first-order valence-corrected chi connectivity index (χ1v) is 10.9. The lowest BCUT2D eigenvalue weighted by Gasteiger charge is -2.30. The summed E-state index contributed by atoms with van der Waals surface area (Å²) < 4.78 is 38.5. The summed E-state index contributed by atoms with van der Waals surface area (Å²) in [5.41, 5.74) is 0. The van der Waals surface area contributed by atoms with Crippen LogP contribution in [0.2, 0.25) is 0 Å². The van der Waals surface area contributed by atoms with Gasteiger partial charge in [0.1, 0.15) is 0 Å². The molecule has 0 bridgehead atoms. The molecular formula is C18H28ClN3O5S. The van der Waals surface area contributed by atoms with Crippen LogP contribution in [0.15, 0.2) is 23.1 Å². The average Bonchev–Trinajstić information content (AvgIpc) is 2.88. The number of ether oxygens (including phenoxy) is 2. The molecule has 0 aromatic heterocycles. The van der Waals surface area contributed by atoms with E-state index in [1.807, 2.05) is 6.92 Å². The average molecular weight is 434 g/mol. The van der Waals surface area contributed by atoms with Crippen LogP contribution in [0.5, 0.6) is 11.5 Å². The van der Waals surface area contributed by atoms with E-state index >= 15 is 0 Å². The Labute approximate surface area is 172 Å². The van der Waals surface area contributed by atoms with Gasteiger partial charge in [-0.25, -0.2) is 13.1 Å². The molecular weight excluding hydrogens is 406 g/mol. The van der Waals surface area contributed by atoms with Gasteiger partial charge in [-0.1, -0.05) is 0 Å². The topological polar surface area (TPSA) is 106 Å². The molecule has 1 amide bonds. The highest BCUT2D eigenvalue weighted by Crippen LogP contribution is 2.31. The molecule has 8 nitrogen and oxygen atoms in total. The number of hydrogen-bond acceptors (Lipinski definition) is 6. The van der Waals surface area contributed by atoms with Crippen molar-refractivity contribution in [3.05, 3.63) is 18.2 Å². The third-order valence-corrected chi connectivity index (χ3v) is 6.24. The molecule has 1 aromatic rings. The maximum absolute atomic E-state index is 12.5. The number of hydrogen-bond donors (Lipinski definition) is 3. The van der Waals surface area contributed by atoms with Crippen LogP contribution in [-0.4, -0.2) is 52.7 Å². The lowest BCUT2D eigenvalue weighted by Crippen LogP contribution is -2.52. The maximum atomic E-state index is 12.5. The van der Waals surface area contributed by atoms with Gasteiger partial charge in [0.25, 0.3) is 0 Å². The number of piperidine rings is 1. The highest BCUT2D eigenvalue weighted by molar-refractivity contribution is 7.89. The Balaban J connectivity index is 0.00000280. The van der Waals surface area contributed by atoms with Gasteiger partial charge in [0.2, 0.25) is 15.9 Å². The molecule has 3 rings (SSSR count). The SMILES string of the molecule is CC1NCCCC1NC(=O)CCNS(=O)(=O)c1ccc2c(c1)OCCCO2.Cl. The molecule has 10 heteroatoms. The molecule has 0 aliphatic carbocycles. The summed E-state index contributed by atoms with van der Waals surface area (Å²) in [6.07, 6.45) is 2.79.